The molecule has 0 heterocycles. The number of carboxylic acid groups (broad SMARTS) is 2. The predicted octanol–water partition coefficient (Wildman–Crippen LogP) is -9.61. The first-order chi connectivity index (χ1) is 9.36. The van der Waals surface area contributed by atoms with Crippen LogP contribution in [0.2, 0.25) is 0 Å². The number of unbranched alkanes of at least 4 members (excludes halogenated alkanes) is 2. The van der Waals surface area contributed by atoms with E-state index < -0.39 is 24.0 Å². The molecule has 0 radical (unpaired) electrons. The summed E-state index contributed by atoms with van der Waals surface area (Å²) in [6.45, 7) is 1.17. The van der Waals surface area contributed by atoms with E-state index in [1.54, 1.807) is 0 Å². The van der Waals surface area contributed by atoms with Gasteiger partial charge in [0.05, 0.1) is 11.9 Å². The van der Waals surface area contributed by atoms with Crippen molar-refractivity contribution in [3.05, 3.63) is 0 Å². The molecule has 0 rings (SSSR count). The van der Waals surface area contributed by atoms with Gasteiger partial charge in [-0.25, -0.2) is 0 Å². The third-order valence-electron chi connectivity index (χ3n) is 2.54. The van der Waals surface area contributed by atoms with Crippen LogP contribution in [0.5, 0.6) is 0 Å². The number of rotatable bonds is 10. The van der Waals surface area contributed by atoms with Gasteiger partial charge in [0.1, 0.15) is 0 Å². The van der Waals surface area contributed by atoms with Crippen LogP contribution in [0, 0.1) is 0 Å². The Morgan fingerprint density at radius 3 is 1.18 bits per heavy atom. The summed E-state index contributed by atoms with van der Waals surface area (Å²) in [5.74, 6) is -2.37. The fourth-order valence-corrected chi connectivity index (χ4v) is 1.25. The van der Waals surface area contributed by atoms with E-state index in [-0.39, 0.29) is 103 Å². The number of hydrogen-bond acceptors (Lipinski definition) is 8. The van der Waals surface area contributed by atoms with Crippen LogP contribution in [-0.4, -0.2) is 37.1 Å². The Hall–Kier alpha value is 2.05. The van der Waals surface area contributed by atoms with E-state index >= 15 is 0 Å². The average molecular weight is 369 g/mol. The van der Waals surface area contributed by atoms with Crippen molar-refractivity contribution in [3.8, 4) is 0 Å². The molecule has 0 saturated carbocycles. The van der Waals surface area contributed by atoms with E-state index in [9.17, 15) is 19.8 Å². The van der Waals surface area contributed by atoms with Gasteiger partial charge < -0.3 is 42.7 Å². The van der Waals surface area contributed by atoms with Gasteiger partial charge in [-0.1, -0.05) is 12.8 Å². The van der Waals surface area contributed by atoms with Gasteiger partial charge in [-0.3, -0.25) is 0 Å². The van der Waals surface area contributed by atoms with Gasteiger partial charge in [0.15, 0.2) is 0 Å². The molecular formula is C12H26K2N4O4. The molecule has 0 aliphatic carbocycles. The summed E-state index contributed by atoms with van der Waals surface area (Å²) in [7, 11) is 0. The van der Waals surface area contributed by atoms with Gasteiger partial charge in [-0.05, 0) is 38.8 Å². The Morgan fingerprint density at radius 1 is 0.727 bits per heavy atom. The van der Waals surface area contributed by atoms with E-state index in [1.165, 1.54) is 0 Å². The van der Waals surface area contributed by atoms with Crippen molar-refractivity contribution in [1.29, 1.82) is 0 Å². The van der Waals surface area contributed by atoms with E-state index in [4.69, 9.17) is 22.9 Å². The molecule has 0 unspecified atom stereocenters. The molecule has 0 amide bonds. The second-order valence-electron chi connectivity index (χ2n) is 4.42. The number of aliphatic carboxylic acids is 2. The largest absolute Gasteiger partial charge is 1.00 e. The topological polar surface area (TPSA) is 184 Å². The van der Waals surface area contributed by atoms with Crippen molar-refractivity contribution in [2.75, 3.05) is 13.1 Å². The maximum atomic E-state index is 10.0. The maximum absolute atomic E-state index is 10.0. The van der Waals surface area contributed by atoms with Crippen LogP contribution in [0.4, 0.5) is 0 Å². The molecule has 0 bridgehead atoms. The predicted molar refractivity (Wildman–Crippen MR) is 71.8 cm³/mol. The van der Waals surface area contributed by atoms with Crippen LogP contribution in [0.3, 0.4) is 0 Å². The van der Waals surface area contributed by atoms with Gasteiger partial charge in [0.25, 0.3) is 0 Å². The molecule has 8 N–H and O–H groups in total. The smallest absolute Gasteiger partial charge is 0.548 e. The van der Waals surface area contributed by atoms with Crippen LogP contribution in [0.25, 0.3) is 0 Å². The summed E-state index contributed by atoms with van der Waals surface area (Å²) < 4.78 is 0. The molecule has 0 fully saturated rings. The van der Waals surface area contributed by atoms with Crippen molar-refractivity contribution < 1.29 is 123 Å². The fourth-order valence-electron chi connectivity index (χ4n) is 1.25. The average Bonchev–Trinajstić information content (AvgIpc) is 2.39. The Morgan fingerprint density at radius 2 is 1.00 bits per heavy atom. The molecule has 0 aromatic carbocycles. The van der Waals surface area contributed by atoms with Crippen molar-refractivity contribution >= 4 is 11.9 Å². The third kappa shape index (κ3) is 24.3. The zero-order valence-electron chi connectivity index (χ0n) is 13.8. The van der Waals surface area contributed by atoms with Crippen LogP contribution in [-0.2, 0) is 9.59 Å². The molecule has 2 atom stereocenters. The molecule has 22 heavy (non-hydrogen) atoms. The fraction of sp³-hybridized carbons (Fsp3) is 0.833. The molecule has 0 aromatic rings. The minimum Gasteiger partial charge on any atom is -0.548 e. The van der Waals surface area contributed by atoms with E-state index in [1.807, 2.05) is 0 Å². The summed E-state index contributed by atoms with van der Waals surface area (Å²) in [6, 6.07) is -1.65. The maximum Gasteiger partial charge on any atom is 1.00 e. The monoisotopic (exact) mass is 368 g/mol. The van der Waals surface area contributed by atoms with Gasteiger partial charge in [-0.2, -0.15) is 0 Å². The molecule has 0 spiro atoms. The molecule has 8 nitrogen and oxygen atoms in total. The summed E-state index contributed by atoms with van der Waals surface area (Å²) >= 11 is 0. The second kappa shape index (κ2) is 23.1. The zero-order valence-corrected chi connectivity index (χ0v) is 20.0. The Labute approximate surface area is 217 Å². The van der Waals surface area contributed by atoms with E-state index in [2.05, 4.69) is 0 Å². The Kier molecular flexibility index (Phi) is 33.3. The Bertz CT molecular complexity index is 248. The van der Waals surface area contributed by atoms with Crippen LogP contribution < -0.4 is 136 Å². The van der Waals surface area contributed by atoms with Crippen LogP contribution >= 0.6 is 0 Å². The summed E-state index contributed by atoms with van der Waals surface area (Å²) in [4.78, 5) is 20.1. The van der Waals surface area contributed by atoms with Gasteiger partial charge in [0, 0.05) is 12.1 Å². The quantitative estimate of drug-likeness (QED) is 0.216. The van der Waals surface area contributed by atoms with E-state index in [0.717, 1.165) is 25.7 Å². The summed E-state index contributed by atoms with van der Waals surface area (Å²) in [6.07, 6.45) is 4.07. The molecular weight excluding hydrogens is 342 g/mol. The molecule has 10 heteroatoms. The molecule has 120 valence electrons. The third-order valence-corrected chi connectivity index (χ3v) is 2.54. The molecule has 0 aliphatic heterocycles. The SMILES string of the molecule is NCCCC[C@H](N)C(=O)[O-].NCCCC[C@H](N)C(=O)[O-].[K+].[K+]. The molecule has 0 aromatic heterocycles. The first-order valence-electron chi connectivity index (χ1n) is 6.69. The second-order valence-corrected chi connectivity index (χ2v) is 4.42. The number of nitrogens with two attached hydrogens (primary N) is 4. The first-order valence-corrected chi connectivity index (χ1v) is 6.69. The minimum absolute atomic E-state index is 0. The molecule has 0 saturated heterocycles. The van der Waals surface area contributed by atoms with Crippen molar-refractivity contribution in [2.24, 2.45) is 22.9 Å². The normalized spacial score (nSPS) is 11.8. The van der Waals surface area contributed by atoms with Crippen LogP contribution in [0.1, 0.15) is 38.5 Å². The number of carbonyl (C=O) groups excluding carboxylic acids is 2. The zero-order chi connectivity index (χ0) is 16.0. The summed E-state index contributed by atoms with van der Waals surface area (Å²) in [5.41, 5.74) is 20.7. The standard InChI is InChI=1S/2C6H14N2O2.2K/c2*7-4-2-1-3-5(8)6(9)10;;/h2*5H,1-4,7-8H2,(H,9,10);;/q;;2*+1/p-2/t2*5-;;/m00../s1. The first kappa shape index (κ1) is 31.8. The van der Waals surface area contributed by atoms with Crippen molar-refractivity contribution in [1.82, 2.24) is 0 Å². The number of carboxylic acids is 2. The van der Waals surface area contributed by atoms with Gasteiger partial charge >= 0.3 is 103 Å². The van der Waals surface area contributed by atoms with E-state index in [0.29, 0.717) is 25.9 Å². The number of hydrogen-bond donors (Lipinski definition) is 4. The van der Waals surface area contributed by atoms with Crippen molar-refractivity contribution in [2.45, 2.75) is 50.6 Å². The van der Waals surface area contributed by atoms with Crippen LogP contribution in [0.15, 0.2) is 0 Å². The molecule has 0 aliphatic rings. The van der Waals surface area contributed by atoms with Gasteiger partial charge in [0.2, 0.25) is 0 Å². The summed E-state index contributed by atoms with van der Waals surface area (Å²) in [5, 5.41) is 20.1. The minimum atomic E-state index is -1.18. The van der Waals surface area contributed by atoms with Crippen molar-refractivity contribution in [3.63, 3.8) is 0 Å². The van der Waals surface area contributed by atoms with Gasteiger partial charge in [-0.15, -0.1) is 0 Å². The Balaban J connectivity index is -0.000000135. The number of carbonyl (C=O) groups is 2.